The summed E-state index contributed by atoms with van der Waals surface area (Å²) in [6, 6.07) is 7.71. The zero-order chi connectivity index (χ0) is 14.3. The highest BCUT2D eigenvalue weighted by Crippen LogP contribution is 2.30. The van der Waals surface area contributed by atoms with Crippen LogP contribution in [0.3, 0.4) is 0 Å². The van der Waals surface area contributed by atoms with Crippen molar-refractivity contribution in [1.82, 2.24) is 9.97 Å². The van der Waals surface area contributed by atoms with Gasteiger partial charge >= 0.3 is 5.97 Å². The van der Waals surface area contributed by atoms with Crippen LogP contribution in [-0.4, -0.2) is 21.0 Å². The quantitative estimate of drug-likeness (QED) is 0.755. The summed E-state index contributed by atoms with van der Waals surface area (Å²) < 4.78 is 0. The van der Waals surface area contributed by atoms with Gasteiger partial charge in [0.1, 0.15) is 16.0 Å². The first-order chi connectivity index (χ1) is 9.60. The lowest BCUT2D eigenvalue weighted by molar-refractivity contribution is 0.0701. The van der Waals surface area contributed by atoms with Crippen LogP contribution in [0.2, 0.25) is 0 Å². The van der Waals surface area contributed by atoms with E-state index in [-0.39, 0.29) is 4.88 Å². The molecule has 0 aliphatic rings. The normalized spacial score (nSPS) is 10.6. The molecule has 0 amide bonds. The summed E-state index contributed by atoms with van der Waals surface area (Å²) in [5.74, 6) is -0.966. The van der Waals surface area contributed by atoms with E-state index < -0.39 is 5.97 Å². The molecular formula is C14H9N3O2S. The second kappa shape index (κ2) is 4.47. The van der Waals surface area contributed by atoms with Gasteiger partial charge in [0, 0.05) is 22.7 Å². The monoisotopic (exact) mass is 283 g/mol. The van der Waals surface area contributed by atoms with Crippen molar-refractivity contribution >= 4 is 28.2 Å². The number of benzene rings is 1. The van der Waals surface area contributed by atoms with Crippen molar-refractivity contribution in [3.8, 4) is 16.6 Å². The summed E-state index contributed by atoms with van der Waals surface area (Å²) in [6.07, 6.45) is 1.66. The zero-order valence-corrected chi connectivity index (χ0v) is 11.3. The molecule has 1 aromatic carbocycles. The third-order valence-electron chi connectivity index (χ3n) is 3.04. The number of thiazole rings is 1. The molecule has 0 bridgehead atoms. The van der Waals surface area contributed by atoms with Crippen LogP contribution in [0.5, 0.6) is 0 Å². The van der Waals surface area contributed by atoms with Crippen LogP contribution in [0.15, 0.2) is 24.4 Å². The molecule has 0 saturated heterocycles. The summed E-state index contributed by atoms with van der Waals surface area (Å²) >= 11 is 1.14. The maximum Gasteiger partial charge on any atom is 0.347 e. The maximum atomic E-state index is 11.1. The lowest BCUT2D eigenvalue weighted by Gasteiger charge is -1.97. The minimum atomic E-state index is -0.966. The first-order valence-corrected chi connectivity index (χ1v) is 6.64. The number of aromatic nitrogens is 2. The van der Waals surface area contributed by atoms with Crippen molar-refractivity contribution in [2.75, 3.05) is 0 Å². The number of nitrogens with one attached hydrogen (secondary N) is 1. The van der Waals surface area contributed by atoms with Crippen LogP contribution in [-0.2, 0) is 0 Å². The summed E-state index contributed by atoms with van der Waals surface area (Å²) in [5, 5.41) is 19.6. The average molecular weight is 283 g/mol. The summed E-state index contributed by atoms with van der Waals surface area (Å²) in [6.45, 7) is 1.68. The number of fused-ring (bicyclic) bond motifs is 1. The lowest BCUT2D eigenvalue weighted by atomic mass is 10.1. The Bertz CT molecular complexity index is 870. The topological polar surface area (TPSA) is 89.8 Å². The highest BCUT2D eigenvalue weighted by molar-refractivity contribution is 7.17. The Balaban J connectivity index is 2.17. The number of hydrogen-bond acceptors (Lipinski definition) is 4. The number of rotatable bonds is 2. The molecule has 98 valence electrons. The van der Waals surface area contributed by atoms with Crippen LogP contribution < -0.4 is 0 Å². The first kappa shape index (κ1) is 12.4. The van der Waals surface area contributed by atoms with Crippen molar-refractivity contribution in [1.29, 1.82) is 5.26 Å². The number of carboxylic acid groups (broad SMARTS) is 1. The number of nitriles is 1. The highest BCUT2D eigenvalue weighted by atomic mass is 32.1. The molecule has 0 atom stereocenters. The van der Waals surface area contributed by atoms with Crippen LogP contribution in [0, 0.1) is 18.3 Å². The SMILES string of the molecule is Cc1nc(-c2ccc3[nH]cc(C#N)c3c2)sc1C(=O)O. The van der Waals surface area contributed by atoms with Gasteiger partial charge in [0.15, 0.2) is 0 Å². The van der Waals surface area contributed by atoms with Crippen molar-refractivity contribution in [3.05, 3.63) is 40.5 Å². The van der Waals surface area contributed by atoms with E-state index >= 15 is 0 Å². The molecule has 6 heteroatoms. The third kappa shape index (κ3) is 1.85. The van der Waals surface area contributed by atoms with Gasteiger partial charge in [-0.15, -0.1) is 11.3 Å². The second-order valence-electron chi connectivity index (χ2n) is 4.31. The Morgan fingerprint density at radius 3 is 2.95 bits per heavy atom. The number of aryl methyl sites for hydroxylation is 1. The number of nitrogens with zero attached hydrogens (tertiary/aromatic N) is 2. The molecule has 5 nitrogen and oxygen atoms in total. The molecule has 2 heterocycles. The maximum absolute atomic E-state index is 11.1. The zero-order valence-electron chi connectivity index (χ0n) is 10.5. The molecule has 3 rings (SSSR count). The van der Waals surface area contributed by atoms with Gasteiger partial charge < -0.3 is 10.1 Å². The molecule has 0 aliphatic heterocycles. The highest BCUT2D eigenvalue weighted by Gasteiger charge is 2.15. The van der Waals surface area contributed by atoms with E-state index in [0.29, 0.717) is 16.3 Å². The smallest absolute Gasteiger partial charge is 0.347 e. The first-order valence-electron chi connectivity index (χ1n) is 5.82. The van der Waals surface area contributed by atoms with E-state index in [1.807, 2.05) is 18.2 Å². The Morgan fingerprint density at radius 1 is 1.50 bits per heavy atom. The fourth-order valence-corrected chi connectivity index (χ4v) is 2.97. The molecule has 0 saturated carbocycles. The number of aromatic amines is 1. The molecule has 2 aromatic heterocycles. The largest absolute Gasteiger partial charge is 0.477 e. The molecular weight excluding hydrogens is 274 g/mol. The van der Waals surface area contributed by atoms with Crippen LogP contribution in [0.4, 0.5) is 0 Å². The third-order valence-corrected chi connectivity index (χ3v) is 4.23. The summed E-state index contributed by atoms with van der Waals surface area (Å²) in [7, 11) is 0. The van der Waals surface area contributed by atoms with Crippen molar-refractivity contribution in [2.45, 2.75) is 6.92 Å². The number of hydrogen-bond donors (Lipinski definition) is 2. The molecule has 2 N–H and O–H groups in total. The minimum Gasteiger partial charge on any atom is -0.477 e. The van der Waals surface area contributed by atoms with Crippen molar-refractivity contribution < 1.29 is 9.90 Å². The molecule has 0 radical (unpaired) electrons. The van der Waals surface area contributed by atoms with Gasteiger partial charge in [0.25, 0.3) is 0 Å². The number of H-pyrrole nitrogens is 1. The van der Waals surface area contributed by atoms with E-state index in [2.05, 4.69) is 16.0 Å². The van der Waals surface area contributed by atoms with Gasteiger partial charge in [0.05, 0.1) is 11.3 Å². The van der Waals surface area contributed by atoms with Gasteiger partial charge in [-0.2, -0.15) is 5.26 Å². The van der Waals surface area contributed by atoms with Crippen LogP contribution >= 0.6 is 11.3 Å². The van der Waals surface area contributed by atoms with E-state index in [4.69, 9.17) is 10.4 Å². The molecule has 3 aromatic rings. The fraction of sp³-hybridized carbons (Fsp3) is 0.0714. The van der Waals surface area contributed by atoms with E-state index in [9.17, 15) is 4.79 Å². The van der Waals surface area contributed by atoms with E-state index in [1.165, 1.54) is 0 Å². The average Bonchev–Trinajstić information content (AvgIpc) is 3.01. The molecule has 20 heavy (non-hydrogen) atoms. The fourth-order valence-electron chi connectivity index (χ4n) is 2.06. The number of aromatic carboxylic acids is 1. The summed E-state index contributed by atoms with van der Waals surface area (Å²) in [5.41, 5.74) is 2.76. The van der Waals surface area contributed by atoms with E-state index in [1.54, 1.807) is 13.1 Å². The summed E-state index contributed by atoms with van der Waals surface area (Å²) in [4.78, 5) is 18.6. The Labute approximate surface area is 118 Å². The Kier molecular flexibility index (Phi) is 2.77. The number of carbonyl (C=O) groups is 1. The Morgan fingerprint density at radius 2 is 2.30 bits per heavy atom. The predicted octanol–water partition coefficient (Wildman–Crippen LogP) is 3.17. The Hall–Kier alpha value is -2.65. The molecule has 0 unspecified atom stereocenters. The molecule has 0 fully saturated rings. The van der Waals surface area contributed by atoms with Gasteiger partial charge in [-0.05, 0) is 25.1 Å². The predicted molar refractivity (Wildman–Crippen MR) is 75.8 cm³/mol. The van der Waals surface area contributed by atoms with Crippen LogP contribution in [0.25, 0.3) is 21.5 Å². The minimum absolute atomic E-state index is 0.245. The standard InChI is InChI=1S/C14H9N3O2S/c1-7-12(14(18)19)20-13(17-7)8-2-3-11-10(4-8)9(5-15)6-16-11/h2-4,6,16H,1H3,(H,18,19). The second-order valence-corrected chi connectivity index (χ2v) is 5.31. The van der Waals surface area contributed by atoms with Crippen molar-refractivity contribution in [2.24, 2.45) is 0 Å². The lowest BCUT2D eigenvalue weighted by Crippen LogP contribution is -1.94. The van der Waals surface area contributed by atoms with Crippen molar-refractivity contribution in [3.63, 3.8) is 0 Å². The van der Waals surface area contributed by atoms with E-state index in [0.717, 1.165) is 27.8 Å². The van der Waals surface area contributed by atoms with Gasteiger partial charge in [0.2, 0.25) is 0 Å². The van der Waals surface area contributed by atoms with Gasteiger partial charge in [-0.25, -0.2) is 9.78 Å². The van der Waals surface area contributed by atoms with Gasteiger partial charge in [-0.1, -0.05) is 0 Å². The van der Waals surface area contributed by atoms with Crippen LogP contribution in [0.1, 0.15) is 20.9 Å². The molecule has 0 aliphatic carbocycles. The molecule has 0 spiro atoms. The number of carboxylic acids is 1. The van der Waals surface area contributed by atoms with Gasteiger partial charge in [-0.3, -0.25) is 0 Å².